The summed E-state index contributed by atoms with van der Waals surface area (Å²) in [7, 11) is -3.35. The second-order valence-corrected chi connectivity index (χ2v) is 57.0. The van der Waals surface area contributed by atoms with E-state index >= 15 is 0 Å². The molecule has 2 aliphatic rings. The van der Waals surface area contributed by atoms with Crippen molar-refractivity contribution in [2.75, 3.05) is 0 Å². The first-order chi connectivity index (χ1) is 46.0. The van der Waals surface area contributed by atoms with E-state index in [2.05, 4.69) is 388 Å². The van der Waals surface area contributed by atoms with Crippen molar-refractivity contribution in [1.82, 2.24) is 0 Å². The van der Waals surface area contributed by atoms with Crippen LogP contribution in [0.2, 0.25) is 0 Å². The molecule has 8 rings (SSSR count). The van der Waals surface area contributed by atoms with Crippen LogP contribution >= 0.6 is 30.2 Å². The maximum Gasteiger partial charge on any atom is 0.127 e. The highest BCUT2D eigenvalue weighted by Crippen LogP contribution is 2.72. The molecule has 0 amide bonds. The summed E-state index contributed by atoms with van der Waals surface area (Å²) in [4.78, 5) is 0. The average Bonchev–Trinajstić information content (AvgIpc) is 0.695. The van der Waals surface area contributed by atoms with E-state index < -0.39 is 30.2 Å². The molecule has 2 aliphatic heterocycles. The van der Waals surface area contributed by atoms with Gasteiger partial charge in [0.05, 0.1) is 0 Å². The molecule has 0 unspecified atom stereocenters. The summed E-state index contributed by atoms with van der Waals surface area (Å²) >= 11 is 0. The minimum atomic E-state index is -0.878. The maximum absolute atomic E-state index is 7.41. The van der Waals surface area contributed by atoms with Crippen LogP contribution in [0, 0.1) is 0 Å². The lowest BCUT2D eigenvalue weighted by atomic mass is 9.72. The monoisotopic (exact) mass is 1460 g/mol. The summed E-state index contributed by atoms with van der Waals surface area (Å²) in [6.07, 6.45) is 1.89. The summed E-state index contributed by atoms with van der Waals surface area (Å²) in [6.45, 7) is 104. The topological polar surface area (TPSA) is 9.23 Å². The van der Waals surface area contributed by atoms with Gasteiger partial charge < -0.3 is 4.74 Å². The molecular formula is C98H146OP4. The van der Waals surface area contributed by atoms with Gasteiger partial charge in [-0.15, -0.1) is 14.3 Å². The van der Waals surface area contributed by atoms with Crippen molar-refractivity contribution in [3.8, 4) is 11.5 Å². The molecule has 0 N–H and O–H groups in total. The van der Waals surface area contributed by atoms with Crippen LogP contribution < -0.4 is 4.74 Å². The molecular weight excluding hydrogens is 1320 g/mol. The van der Waals surface area contributed by atoms with E-state index in [1.165, 1.54) is 77.9 Å². The smallest absolute Gasteiger partial charge is 0.127 e. The first kappa shape index (κ1) is 84.7. The second kappa shape index (κ2) is 27.6. The van der Waals surface area contributed by atoms with Gasteiger partial charge in [0.2, 0.25) is 0 Å². The van der Waals surface area contributed by atoms with Gasteiger partial charge in [-0.2, -0.15) is 0 Å². The Morgan fingerprint density at radius 1 is 0.223 bits per heavy atom. The van der Waals surface area contributed by atoms with Crippen LogP contribution in [0.15, 0.2) is 97.1 Å². The molecule has 103 heavy (non-hydrogen) atoms. The molecule has 0 aromatic heterocycles. The number of benzene rings is 6. The van der Waals surface area contributed by atoms with Gasteiger partial charge in [0.15, 0.2) is 0 Å². The molecule has 0 saturated heterocycles. The Labute approximate surface area is 637 Å². The lowest BCUT2D eigenvalue weighted by Crippen LogP contribution is -2.35. The molecule has 0 saturated carbocycles. The minimum absolute atomic E-state index is 0.00898. The van der Waals surface area contributed by atoms with Gasteiger partial charge in [-0.3, -0.25) is 0 Å². The van der Waals surface area contributed by atoms with Gasteiger partial charge in [-0.25, -0.2) is 0 Å². The SMILES string of the molecule is CC(C)(C)c1cc(C(C)(C)C)c(C2=P(Cc3cccc(Oc4cccc(CP5=C(c6c(C(C)(C)C)cc(C(C)(C)C)cc6C(C)(C)C)P(C(C)(C)C)C=5c5c(C(C)(C)C)cc(C(C)(C)C)cc5C(C)(C)C)c4)c3)=C(c3c(C(C)(C)C)cc(C(C)(C)C)cc3C(C)(C)C)P2C(C)(C)C)c(C(C)(C)C)c1. The van der Waals surface area contributed by atoms with Crippen molar-refractivity contribution in [2.45, 2.75) is 378 Å². The van der Waals surface area contributed by atoms with E-state index in [0.29, 0.717) is 0 Å². The fourth-order valence-electron chi connectivity index (χ4n) is 15.3. The normalized spacial score (nSPS) is 17.7. The number of hydrogen-bond donors (Lipinski definition) is 0. The van der Waals surface area contributed by atoms with Crippen LogP contribution in [0.3, 0.4) is 0 Å². The van der Waals surface area contributed by atoms with Gasteiger partial charge in [-0.05, 0) is 216 Å². The van der Waals surface area contributed by atoms with Crippen molar-refractivity contribution in [2.24, 2.45) is 0 Å². The molecule has 0 atom stereocenters. The zero-order valence-corrected chi connectivity index (χ0v) is 77.4. The second-order valence-electron chi connectivity index (χ2n) is 45.7. The average molecular weight is 1460 g/mol. The predicted molar refractivity (Wildman–Crippen MR) is 474 cm³/mol. The van der Waals surface area contributed by atoms with Crippen LogP contribution in [0.5, 0.6) is 11.5 Å². The minimum Gasteiger partial charge on any atom is -0.457 e. The maximum atomic E-state index is 7.41. The van der Waals surface area contributed by atoms with E-state index in [1.807, 2.05) is 0 Å². The highest BCUT2D eigenvalue weighted by atomic mass is 31.2. The molecule has 564 valence electrons. The Morgan fingerprint density at radius 3 is 0.544 bits per heavy atom. The number of hydrogen-bond acceptors (Lipinski definition) is 1. The number of rotatable bonds is 10. The Hall–Kier alpha value is -3.94. The molecule has 0 radical (unpaired) electrons. The lowest BCUT2D eigenvalue weighted by molar-refractivity contribution is 0.482. The summed E-state index contributed by atoms with van der Waals surface area (Å²) in [5, 5.41) is 6.94. The van der Waals surface area contributed by atoms with E-state index in [9.17, 15) is 0 Å². The molecule has 0 fully saturated rings. The molecule has 0 aliphatic carbocycles. The lowest BCUT2D eigenvalue weighted by Gasteiger charge is -2.48. The third kappa shape index (κ3) is 18.0. The quantitative estimate of drug-likeness (QED) is 0.124. The van der Waals surface area contributed by atoms with Crippen molar-refractivity contribution >= 4 is 50.3 Å². The first-order valence-corrected chi connectivity index (χ1v) is 45.0. The van der Waals surface area contributed by atoms with Crippen molar-refractivity contribution in [1.29, 1.82) is 0 Å². The predicted octanol–water partition coefficient (Wildman–Crippen LogP) is 30.3. The van der Waals surface area contributed by atoms with Gasteiger partial charge in [0, 0.05) is 32.5 Å². The molecule has 6 aromatic rings. The van der Waals surface area contributed by atoms with Gasteiger partial charge in [0.25, 0.3) is 0 Å². The van der Waals surface area contributed by atoms with Crippen LogP contribution in [0.4, 0.5) is 0 Å². The molecule has 6 aromatic carbocycles. The van der Waals surface area contributed by atoms with E-state index in [0.717, 1.165) is 23.8 Å². The van der Waals surface area contributed by atoms with Crippen molar-refractivity contribution < 1.29 is 4.74 Å². The van der Waals surface area contributed by atoms with Crippen LogP contribution in [0.1, 0.15) is 391 Å². The first-order valence-electron chi connectivity index (χ1n) is 39.2. The molecule has 0 bridgehead atoms. The van der Waals surface area contributed by atoms with Crippen LogP contribution in [-0.4, -0.2) is 30.5 Å². The highest BCUT2D eigenvalue weighted by Gasteiger charge is 2.49. The third-order valence-corrected chi connectivity index (χ3v) is 36.2. The zero-order valence-electron chi connectivity index (χ0n) is 73.8. The Balaban J connectivity index is 1.46. The van der Waals surface area contributed by atoms with Crippen molar-refractivity contribution in [3.63, 3.8) is 0 Å². The van der Waals surface area contributed by atoms with Gasteiger partial charge >= 0.3 is 0 Å². The molecule has 0 spiro atoms. The summed E-state index contributed by atoms with van der Waals surface area (Å²) in [5.41, 5.74) is 25.9. The van der Waals surface area contributed by atoms with Crippen LogP contribution in [0.25, 0.3) is 0 Å². The standard InChI is InChI=1S/C98H146OP4/c1-85(2,3)63-51-69(89(13,14)15)77(70(52-63)90(16,17)18)81-100(82(102(81)97(37,38)39)78-71(91(19,20)21)53-64(86(4,5)6)54-72(78)92(22,23)24)59-61-45-43-47-67(49-61)99-68-48-44-46-62(50-68)60-101-83(79-73(93(25,26)27)55-65(87(7,8)9)56-74(79)94(28,29)30)103(98(40,41)42)84(101)80-75(95(31,32)33)57-66(88(10,11)12)58-76(80)96(34,35)36/h43-58H,59-60H2,1-42H3. The largest absolute Gasteiger partial charge is 0.457 e. The summed E-state index contributed by atoms with van der Waals surface area (Å²) in [6, 6.07) is 39.8. The molecule has 5 heteroatoms. The number of ether oxygens (including phenoxy) is 1. The van der Waals surface area contributed by atoms with E-state index in [4.69, 9.17) is 4.74 Å². The Morgan fingerprint density at radius 2 is 0.398 bits per heavy atom. The summed E-state index contributed by atoms with van der Waals surface area (Å²) in [5.74, 6) is 1.81. The Bertz CT molecular complexity index is 3800. The van der Waals surface area contributed by atoms with Gasteiger partial charge in [0.1, 0.15) is 11.5 Å². The fourth-order valence-corrected chi connectivity index (χ4v) is 33.6. The molecule has 2 heterocycles. The zero-order chi connectivity index (χ0) is 78.6. The van der Waals surface area contributed by atoms with Crippen molar-refractivity contribution in [3.05, 3.63) is 197 Å². The van der Waals surface area contributed by atoms with Crippen LogP contribution in [-0.2, 0) is 77.3 Å². The third-order valence-electron chi connectivity index (χ3n) is 21.3. The van der Waals surface area contributed by atoms with E-state index in [1.54, 1.807) is 42.4 Å². The Kier molecular flexibility index (Phi) is 22.7. The van der Waals surface area contributed by atoms with Gasteiger partial charge in [-0.1, -0.05) is 364 Å². The summed E-state index contributed by atoms with van der Waals surface area (Å²) < 4.78 is 7.41. The highest BCUT2D eigenvalue weighted by molar-refractivity contribution is 8.16. The molecule has 1 nitrogen and oxygen atoms in total. The van der Waals surface area contributed by atoms with E-state index in [-0.39, 0.29) is 75.3 Å². The fraction of sp³-hybridized carbons (Fsp3) is 0.592.